The number of urea groups is 1. The number of carbonyl (C=O) groups is 2. The lowest BCUT2D eigenvalue weighted by atomic mass is 10.0. The molecular formula is C19H19F2N3O3. The van der Waals surface area contributed by atoms with Crippen LogP contribution in [0, 0.1) is 17.6 Å². The molecule has 3 N–H and O–H groups in total. The molecule has 3 rings (SSSR count). The summed E-state index contributed by atoms with van der Waals surface area (Å²) < 4.78 is 26.2. The van der Waals surface area contributed by atoms with Crippen molar-refractivity contribution in [3.63, 3.8) is 0 Å². The van der Waals surface area contributed by atoms with E-state index in [9.17, 15) is 23.5 Å². The third kappa shape index (κ3) is 4.40. The van der Waals surface area contributed by atoms with E-state index in [1.165, 1.54) is 53.4 Å². The largest absolute Gasteiger partial charge is 0.396 e. The molecule has 2 aromatic carbocycles. The highest BCUT2D eigenvalue weighted by molar-refractivity contribution is 5.99. The number of halogens is 2. The second kappa shape index (κ2) is 8.13. The Morgan fingerprint density at radius 2 is 1.67 bits per heavy atom. The number of rotatable bonds is 5. The highest BCUT2D eigenvalue weighted by Crippen LogP contribution is 2.31. The molecule has 1 heterocycles. The summed E-state index contributed by atoms with van der Waals surface area (Å²) in [6.45, 7) is -0.151. The third-order valence-electron chi connectivity index (χ3n) is 4.39. The monoisotopic (exact) mass is 375 g/mol. The van der Waals surface area contributed by atoms with Gasteiger partial charge < -0.3 is 15.7 Å². The van der Waals surface area contributed by atoms with E-state index in [1.54, 1.807) is 0 Å². The van der Waals surface area contributed by atoms with Crippen molar-refractivity contribution in [2.45, 2.75) is 19.0 Å². The summed E-state index contributed by atoms with van der Waals surface area (Å²) in [7, 11) is 0. The number of hydrogen-bond acceptors (Lipinski definition) is 3. The molecule has 8 heteroatoms. The molecule has 1 fully saturated rings. The molecule has 2 aromatic rings. The number of amides is 3. The van der Waals surface area contributed by atoms with Gasteiger partial charge in [-0.25, -0.2) is 13.6 Å². The Hall–Kier alpha value is -3.00. The average molecular weight is 375 g/mol. The van der Waals surface area contributed by atoms with Crippen molar-refractivity contribution in [2.24, 2.45) is 5.92 Å². The van der Waals surface area contributed by atoms with Crippen LogP contribution in [-0.2, 0) is 4.79 Å². The van der Waals surface area contributed by atoms with Crippen LogP contribution in [0.15, 0.2) is 48.5 Å². The maximum Gasteiger partial charge on any atom is 0.320 e. The van der Waals surface area contributed by atoms with E-state index in [4.69, 9.17) is 0 Å². The minimum Gasteiger partial charge on any atom is -0.396 e. The minimum absolute atomic E-state index is 0.151. The molecule has 6 nitrogen and oxygen atoms in total. The van der Waals surface area contributed by atoms with E-state index < -0.39 is 29.7 Å². The summed E-state index contributed by atoms with van der Waals surface area (Å²) in [5.74, 6) is -1.55. The van der Waals surface area contributed by atoms with Crippen molar-refractivity contribution in [1.82, 2.24) is 5.32 Å². The first-order valence-corrected chi connectivity index (χ1v) is 8.50. The summed E-state index contributed by atoms with van der Waals surface area (Å²) in [5.41, 5.74) is 0.854. The lowest BCUT2D eigenvalue weighted by Crippen LogP contribution is -2.47. The minimum atomic E-state index is -0.653. The Balaban J connectivity index is 1.75. The van der Waals surface area contributed by atoms with Gasteiger partial charge in [0.05, 0.1) is 0 Å². The first-order chi connectivity index (χ1) is 13.0. The van der Waals surface area contributed by atoms with Gasteiger partial charge in [-0.3, -0.25) is 9.69 Å². The van der Waals surface area contributed by atoms with Crippen LogP contribution in [-0.4, -0.2) is 29.8 Å². The molecule has 1 saturated heterocycles. The fourth-order valence-corrected chi connectivity index (χ4v) is 3.11. The van der Waals surface area contributed by atoms with E-state index in [0.29, 0.717) is 17.8 Å². The van der Waals surface area contributed by atoms with Crippen LogP contribution >= 0.6 is 0 Å². The van der Waals surface area contributed by atoms with Crippen LogP contribution in [0.25, 0.3) is 0 Å². The van der Waals surface area contributed by atoms with Crippen LogP contribution in [0.1, 0.15) is 12.8 Å². The first kappa shape index (κ1) is 18.8. The predicted octanol–water partition coefficient (Wildman–Crippen LogP) is 2.85. The fourth-order valence-electron chi connectivity index (χ4n) is 3.11. The Bertz CT molecular complexity index is 812. The van der Waals surface area contributed by atoms with Gasteiger partial charge in [-0.1, -0.05) is 0 Å². The third-order valence-corrected chi connectivity index (χ3v) is 4.39. The van der Waals surface area contributed by atoms with E-state index in [1.807, 2.05) is 0 Å². The Morgan fingerprint density at radius 1 is 1.07 bits per heavy atom. The standard InChI is InChI=1S/C19H19F2N3O3/c20-13-1-5-15(6-2-13)22-19(27)23-17-11-12(9-10-25)18(26)24(17)16-7-3-14(21)4-8-16/h1-8,12,17,25H,9-11H2,(H2,22,23,27). The van der Waals surface area contributed by atoms with Crippen LogP contribution in [0.4, 0.5) is 25.0 Å². The van der Waals surface area contributed by atoms with Gasteiger partial charge in [0.25, 0.3) is 0 Å². The highest BCUT2D eigenvalue weighted by Gasteiger charge is 2.40. The molecule has 0 saturated carbocycles. The van der Waals surface area contributed by atoms with Gasteiger partial charge >= 0.3 is 6.03 Å². The number of benzene rings is 2. The van der Waals surface area contributed by atoms with Gasteiger partial charge in [0.2, 0.25) is 5.91 Å². The molecular weight excluding hydrogens is 356 g/mol. The molecule has 2 unspecified atom stereocenters. The molecule has 1 aliphatic rings. The molecule has 0 bridgehead atoms. The number of nitrogens with one attached hydrogen (secondary N) is 2. The Kier molecular flexibility index (Phi) is 5.66. The second-order valence-electron chi connectivity index (χ2n) is 6.25. The smallest absolute Gasteiger partial charge is 0.320 e. The fraction of sp³-hybridized carbons (Fsp3) is 0.263. The number of nitrogens with zero attached hydrogens (tertiary/aromatic N) is 1. The van der Waals surface area contributed by atoms with Gasteiger partial charge in [0, 0.05) is 23.9 Å². The molecule has 0 radical (unpaired) electrons. The molecule has 1 aliphatic heterocycles. The number of hydrogen-bond donors (Lipinski definition) is 3. The zero-order valence-corrected chi connectivity index (χ0v) is 14.4. The maximum atomic E-state index is 13.2. The van der Waals surface area contributed by atoms with Gasteiger partial charge in [-0.05, 0) is 61.4 Å². The van der Waals surface area contributed by atoms with E-state index >= 15 is 0 Å². The summed E-state index contributed by atoms with van der Waals surface area (Å²) in [6, 6.07) is 10.1. The van der Waals surface area contributed by atoms with Crippen LogP contribution in [0.5, 0.6) is 0 Å². The summed E-state index contributed by atoms with van der Waals surface area (Å²) in [6.07, 6.45) is -0.0676. The van der Waals surface area contributed by atoms with Crippen molar-refractivity contribution >= 4 is 23.3 Å². The van der Waals surface area contributed by atoms with E-state index in [-0.39, 0.29) is 18.9 Å². The molecule has 0 spiro atoms. The zero-order chi connectivity index (χ0) is 19.4. The van der Waals surface area contributed by atoms with Gasteiger partial charge in [-0.15, -0.1) is 0 Å². The molecule has 3 amide bonds. The van der Waals surface area contributed by atoms with E-state index in [2.05, 4.69) is 10.6 Å². The number of carbonyl (C=O) groups excluding carboxylic acids is 2. The second-order valence-corrected chi connectivity index (χ2v) is 6.25. The zero-order valence-electron chi connectivity index (χ0n) is 14.4. The highest BCUT2D eigenvalue weighted by atomic mass is 19.1. The van der Waals surface area contributed by atoms with E-state index in [0.717, 1.165) is 0 Å². The topological polar surface area (TPSA) is 81.7 Å². The molecule has 0 aromatic heterocycles. The lowest BCUT2D eigenvalue weighted by molar-refractivity contribution is -0.120. The Labute approximate surface area is 154 Å². The van der Waals surface area contributed by atoms with Gasteiger partial charge in [0.1, 0.15) is 17.8 Å². The van der Waals surface area contributed by atoms with Crippen molar-refractivity contribution in [3.8, 4) is 0 Å². The van der Waals surface area contributed by atoms with Crippen LogP contribution in [0.2, 0.25) is 0 Å². The molecule has 27 heavy (non-hydrogen) atoms. The van der Waals surface area contributed by atoms with Gasteiger partial charge in [0.15, 0.2) is 0 Å². The van der Waals surface area contributed by atoms with Crippen LogP contribution in [0.3, 0.4) is 0 Å². The first-order valence-electron chi connectivity index (χ1n) is 8.50. The lowest BCUT2D eigenvalue weighted by Gasteiger charge is -2.25. The molecule has 2 atom stereocenters. The molecule has 142 valence electrons. The number of aliphatic hydroxyl groups is 1. The van der Waals surface area contributed by atoms with Crippen LogP contribution < -0.4 is 15.5 Å². The normalized spacial score (nSPS) is 19.2. The SMILES string of the molecule is O=C(Nc1ccc(F)cc1)NC1CC(CCO)C(=O)N1c1ccc(F)cc1. The molecule has 0 aliphatic carbocycles. The summed E-state index contributed by atoms with van der Waals surface area (Å²) in [5, 5.41) is 14.5. The van der Waals surface area contributed by atoms with Crippen molar-refractivity contribution < 1.29 is 23.5 Å². The number of anilines is 2. The van der Waals surface area contributed by atoms with Crippen molar-refractivity contribution in [3.05, 3.63) is 60.2 Å². The van der Waals surface area contributed by atoms with Crippen molar-refractivity contribution in [1.29, 1.82) is 0 Å². The Morgan fingerprint density at radius 3 is 2.26 bits per heavy atom. The number of aliphatic hydroxyl groups excluding tert-OH is 1. The average Bonchev–Trinajstić information content (AvgIpc) is 2.93. The quantitative estimate of drug-likeness (QED) is 0.752. The van der Waals surface area contributed by atoms with Gasteiger partial charge in [-0.2, -0.15) is 0 Å². The van der Waals surface area contributed by atoms with Crippen molar-refractivity contribution in [2.75, 3.05) is 16.8 Å². The summed E-state index contributed by atoms with van der Waals surface area (Å²) >= 11 is 0. The summed E-state index contributed by atoms with van der Waals surface area (Å²) in [4.78, 5) is 26.4. The predicted molar refractivity (Wildman–Crippen MR) is 96.0 cm³/mol. The maximum absolute atomic E-state index is 13.2.